The van der Waals surface area contributed by atoms with Crippen LogP contribution < -0.4 is 10.6 Å². The Morgan fingerprint density at radius 3 is 2.71 bits per heavy atom. The van der Waals surface area contributed by atoms with Crippen LogP contribution in [0.1, 0.15) is 18.5 Å². The largest absolute Gasteiger partial charge is 0.325 e. The second kappa shape index (κ2) is 7.33. The number of carbonyl (C=O) groups excluding carboxylic acids is 1. The molecule has 1 amide bonds. The van der Waals surface area contributed by atoms with Crippen LogP contribution >= 0.6 is 15.9 Å². The van der Waals surface area contributed by atoms with Crippen LogP contribution in [0.25, 0.3) is 0 Å². The van der Waals surface area contributed by atoms with E-state index in [4.69, 9.17) is 0 Å². The average Bonchev–Trinajstić information content (AvgIpc) is 2.45. The summed E-state index contributed by atoms with van der Waals surface area (Å²) in [5.74, 6) is -0.420. The van der Waals surface area contributed by atoms with Gasteiger partial charge in [0.1, 0.15) is 5.82 Å². The molecule has 2 aromatic carbocycles. The third-order valence-corrected chi connectivity index (χ3v) is 3.52. The molecule has 2 N–H and O–H groups in total. The number of rotatable bonds is 5. The van der Waals surface area contributed by atoms with E-state index in [1.807, 2.05) is 37.3 Å². The Bertz CT molecular complexity index is 633. The van der Waals surface area contributed by atoms with Crippen LogP contribution in [0.15, 0.2) is 53.0 Å². The standard InChI is InChI=1S/C16H16BrFN2O/c1-11(12-4-2-6-14(18)8-12)19-10-16(21)20-15-7-3-5-13(17)9-15/h2-9,11,19H,10H2,1H3,(H,20,21)/t11-/m1/s1. The van der Waals surface area contributed by atoms with Gasteiger partial charge in [-0.3, -0.25) is 4.79 Å². The normalized spacial score (nSPS) is 12.0. The van der Waals surface area contributed by atoms with Crippen LogP contribution in [-0.2, 0) is 4.79 Å². The minimum atomic E-state index is -0.278. The molecule has 0 aliphatic rings. The minimum Gasteiger partial charge on any atom is -0.325 e. The summed E-state index contributed by atoms with van der Waals surface area (Å²) in [7, 11) is 0. The Morgan fingerprint density at radius 1 is 1.24 bits per heavy atom. The number of anilines is 1. The van der Waals surface area contributed by atoms with Gasteiger partial charge in [-0.25, -0.2) is 4.39 Å². The lowest BCUT2D eigenvalue weighted by molar-refractivity contribution is -0.115. The number of hydrogen-bond donors (Lipinski definition) is 2. The molecule has 0 unspecified atom stereocenters. The zero-order chi connectivity index (χ0) is 15.2. The molecule has 2 rings (SSSR count). The molecule has 0 saturated carbocycles. The smallest absolute Gasteiger partial charge is 0.238 e. The summed E-state index contributed by atoms with van der Waals surface area (Å²) in [5.41, 5.74) is 1.54. The lowest BCUT2D eigenvalue weighted by Gasteiger charge is -2.14. The summed E-state index contributed by atoms with van der Waals surface area (Å²) in [6.45, 7) is 2.05. The summed E-state index contributed by atoms with van der Waals surface area (Å²) in [6.07, 6.45) is 0. The van der Waals surface area contributed by atoms with Crippen LogP contribution in [0.4, 0.5) is 10.1 Å². The van der Waals surface area contributed by atoms with Gasteiger partial charge in [-0.15, -0.1) is 0 Å². The van der Waals surface area contributed by atoms with Gasteiger partial charge in [-0.05, 0) is 42.8 Å². The van der Waals surface area contributed by atoms with Gasteiger partial charge in [-0.2, -0.15) is 0 Å². The first-order chi connectivity index (χ1) is 10.0. The third-order valence-electron chi connectivity index (χ3n) is 3.03. The van der Waals surface area contributed by atoms with Crippen molar-refractivity contribution in [2.24, 2.45) is 0 Å². The van der Waals surface area contributed by atoms with Crippen LogP contribution in [0.2, 0.25) is 0 Å². The maximum absolute atomic E-state index is 13.1. The van der Waals surface area contributed by atoms with E-state index in [0.717, 1.165) is 15.7 Å². The molecule has 3 nitrogen and oxygen atoms in total. The van der Waals surface area contributed by atoms with Crippen molar-refractivity contribution in [3.05, 3.63) is 64.4 Å². The highest BCUT2D eigenvalue weighted by Crippen LogP contribution is 2.16. The summed E-state index contributed by atoms with van der Waals surface area (Å²) in [6, 6.07) is 13.6. The quantitative estimate of drug-likeness (QED) is 0.859. The number of hydrogen-bond acceptors (Lipinski definition) is 2. The van der Waals surface area contributed by atoms with E-state index in [-0.39, 0.29) is 24.3 Å². The van der Waals surface area contributed by atoms with Gasteiger partial charge < -0.3 is 10.6 Å². The molecule has 21 heavy (non-hydrogen) atoms. The second-order valence-corrected chi connectivity index (χ2v) is 5.63. The van der Waals surface area contributed by atoms with Gasteiger partial charge in [0.25, 0.3) is 0 Å². The van der Waals surface area contributed by atoms with Crippen LogP contribution in [-0.4, -0.2) is 12.5 Å². The van der Waals surface area contributed by atoms with E-state index < -0.39 is 0 Å². The fraction of sp³-hybridized carbons (Fsp3) is 0.188. The molecule has 0 bridgehead atoms. The van der Waals surface area contributed by atoms with Gasteiger partial charge >= 0.3 is 0 Å². The van der Waals surface area contributed by atoms with Crippen molar-refractivity contribution in [2.45, 2.75) is 13.0 Å². The van der Waals surface area contributed by atoms with Gasteiger partial charge in [0, 0.05) is 16.2 Å². The molecule has 0 heterocycles. The van der Waals surface area contributed by atoms with Crippen molar-refractivity contribution in [1.82, 2.24) is 5.32 Å². The maximum atomic E-state index is 13.1. The predicted molar refractivity (Wildman–Crippen MR) is 85.6 cm³/mol. The first kappa shape index (κ1) is 15.7. The Kier molecular flexibility index (Phi) is 5.47. The summed E-state index contributed by atoms with van der Waals surface area (Å²) >= 11 is 3.35. The zero-order valence-corrected chi connectivity index (χ0v) is 13.2. The van der Waals surface area contributed by atoms with Crippen LogP contribution in [0.3, 0.4) is 0 Å². The highest BCUT2D eigenvalue weighted by Gasteiger charge is 2.08. The molecule has 1 atom stereocenters. The van der Waals surface area contributed by atoms with Crippen LogP contribution in [0.5, 0.6) is 0 Å². The minimum absolute atomic E-state index is 0.103. The fourth-order valence-electron chi connectivity index (χ4n) is 1.91. The Hall–Kier alpha value is -1.72. The maximum Gasteiger partial charge on any atom is 0.238 e. The molecule has 5 heteroatoms. The molecule has 0 saturated heterocycles. The Morgan fingerprint density at radius 2 is 2.00 bits per heavy atom. The van der Waals surface area contributed by atoms with E-state index in [1.54, 1.807) is 6.07 Å². The highest BCUT2D eigenvalue weighted by atomic mass is 79.9. The Balaban J connectivity index is 1.86. The van der Waals surface area contributed by atoms with Crippen molar-refractivity contribution < 1.29 is 9.18 Å². The molecule has 0 aliphatic carbocycles. The number of halogens is 2. The summed E-state index contributed by atoms with van der Waals surface area (Å²) < 4.78 is 14.0. The Labute approximate surface area is 131 Å². The topological polar surface area (TPSA) is 41.1 Å². The lowest BCUT2D eigenvalue weighted by Crippen LogP contribution is -2.30. The van der Waals surface area contributed by atoms with Gasteiger partial charge in [0.05, 0.1) is 6.54 Å². The first-order valence-electron chi connectivity index (χ1n) is 6.59. The molecule has 0 aromatic heterocycles. The zero-order valence-electron chi connectivity index (χ0n) is 11.6. The monoisotopic (exact) mass is 350 g/mol. The van der Waals surface area contributed by atoms with E-state index >= 15 is 0 Å². The average molecular weight is 351 g/mol. The van der Waals surface area contributed by atoms with Crippen molar-refractivity contribution in [1.29, 1.82) is 0 Å². The molecule has 2 aromatic rings. The molecule has 0 fully saturated rings. The SMILES string of the molecule is C[C@@H](NCC(=O)Nc1cccc(Br)c1)c1cccc(F)c1. The van der Waals surface area contributed by atoms with E-state index in [1.165, 1.54) is 12.1 Å². The van der Waals surface area contributed by atoms with Crippen molar-refractivity contribution in [2.75, 3.05) is 11.9 Å². The van der Waals surface area contributed by atoms with Crippen molar-refractivity contribution >= 4 is 27.5 Å². The van der Waals surface area contributed by atoms with Gasteiger partial charge in [0.2, 0.25) is 5.91 Å². The third kappa shape index (κ3) is 4.95. The first-order valence-corrected chi connectivity index (χ1v) is 7.38. The lowest BCUT2D eigenvalue weighted by atomic mass is 10.1. The van der Waals surface area contributed by atoms with Crippen LogP contribution in [0, 0.1) is 5.82 Å². The van der Waals surface area contributed by atoms with E-state index in [9.17, 15) is 9.18 Å². The number of amides is 1. The fourth-order valence-corrected chi connectivity index (χ4v) is 2.31. The summed E-state index contributed by atoms with van der Waals surface area (Å²) in [4.78, 5) is 11.9. The van der Waals surface area contributed by atoms with Gasteiger partial charge in [-0.1, -0.05) is 34.1 Å². The summed E-state index contributed by atoms with van der Waals surface area (Å²) in [5, 5.41) is 5.87. The molecular formula is C16H16BrFN2O. The highest BCUT2D eigenvalue weighted by molar-refractivity contribution is 9.10. The van der Waals surface area contributed by atoms with E-state index in [0.29, 0.717) is 0 Å². The number of benzene rings is 2. The predicted octanol–water partition coefficient (Wildman–Crippen LogP) is 3.88. The second-order valence-electron chi connectivity index (χ2n) is 4.72. The van der Waals surface area contributed by atoms with Crippen molar-refractivity contribution in [3.8, 4) is 0 Å². The number of nitrogens with one attached hydrogen (secondary N) is 2. The molecule has 0 aliphatic heterocycles. The number of carbonyl (C=O) groups is 1. The molecule has 110 valence electrons. The molecular weight excluding hydrogens is 335 g/mol. The molecule has 0 spiro atoms. The van der Waals surface area contributed by atoms with Gasteiger partial charge in [0.15, 0.2) is 0 Å². The van der Waals surface area contributed by atoms with Crippen molar-refractivity contribution in [3.63, 3.8) is 0 Å². The van der Waals surface area contributed by atoms with E-state index in [2.05, 4.69) is 26.6 Å². The molecule has 0 radical (unpaired) electrons.